The van der Waals surface area contributed by atoms with Crippen molar-refractivity contribution in [3.63, 3.8) is 0 Å². The smallest absolute Gasteiger partial charge is 0.280 e. The molecular weight excluding hydrogens is 758 g/mol. The van der Waals surface area contributed by atoms with Gasteiger partial charge in [0, 0.05) is 88.6 Å². The molecule has 6 atom stereocenters. The number of alkyl halides is 2. The van der Waals surface area contributed by atoms with E-state index in [1.54, 1.807) is 25.1 Å². The van der Waals surface area contributed by atoms with Crippen LogP contribution in [0.1, 0.15) is 79.0 Å². The van der Waals surface area contributed by atoms with E-state index in [1.165, 1.54) is 6.07 Å². The predicted octanol–water partition coefficient (Wildman–Crippen LogP) is 9.43. The van der Waals surface area contributed by atoms with Crippen LogP contribution in [0.2, 0.25) is 10.0 Å². The van der Waals surface area contributed by atoms with Gasteiger partial charge in [0.05, 0.1) is 39.8 Å². The van der Waals surface area contributed by atoms with E-state index in [4.69, 9.17) is 28.2 Å². The van der Waals surface area contributed by atoms with Gasteiger partial charge in [0.2, 0.25) is 5.91 Å². The van der Waals surface area contributed by atoms with Crippen LogP contribution in [0.25, 0.3) is 32.9 Å². The number of aryl methyl sites for hydroxylation is 3. The quantitative estimate of drug-likeness (QED) is 0.168. The lowest BCUT2D eigenvalue weighted by molar-refractivity contribution is -0.135. The Hall–Kier alpha value is -4.37. The van der Waals surface area contributed by atoms with E-state index in [9.17, 15) is 18.8 Å². The van der Waals surface area contributed by atoms with Crippen LogP contribution in [0.15, 0.2) is 42.5 Å². The first kappa shape index (κ1) is 36.0. The third kappa shape index (κ3) is 5.53. The minimum absolute atomic E-state index is 0.0176. The molecule has 7 heterocycles. The van der Waals surface area contributed by atoms with Gasteiger partial charge in [-0.1, -0.05) is 35.3 Å². The molecule has 11 rings (SSSR count). The molecule has 3 aromatic heterocycles. The Bertz CT molecular complexity index is 2500. The Labute approximate surface area is 332 Å². The largest absolute Gasteiger partial charge is 0.369 e. The average Bonchev–Trinajstić information content (AvgIpc) is 3.45. The summed E-state index contributed by atoms with van der Waals surface area (Å²) in [7, 11) is 0. The zero-order valence-corrected chi connectivity index (χ0v) is 32.5. The molecule has 288 valence electrons. The summed E-state index contributed by atoms with van der Waals surface area (Å²) in [4.78, 5) is 27.8. The number of anilines is 1. The second-order valence-electron chi connectivity index (χ2n) is 16.5. The van der Waals surface area contributed by atoms with Crippen molar-refractivity contribution in [2.45, 2.75) is 83.0 Å². The van der Waals surface area contributed by atoms with Crippen molar-refractivity contribution in [2.75, 3.05) is 24.5 Å². The van der Waals surface area contributed by atoms with Crippen molar-refractivity contribution in [1.82, 2.24) is 24.8 Å². The molecule has 2 aromatic carbocycles. The zero-order valence-electron chi connectivity index (χ0n) is 31.0. The number of aromatic nitrogens is 3. The standard InChI is InChI=1S/C43H40Cl2F3N7O/c1-20-11-26(15-33(51-20)42(47)48)53-18-25-12-27(19-53)54(43(56)22-8-9-22)40(25)34-16-29-21(2)52-38-30(41(29)55(34)39-24-14-32(39)50-17-24)13-23(5-4-10-49)35(37(38)46)28-6-3-7-31(44)36(28)45/h3,6-7,11,13,15-16,22,24-25,27,32,39-40,42,50H,4-5,8-9,12,14,17-19H2,1-2H3/t24-,25+,27-,32-,39+,40-/m1/s1. The Morgan fingerprint density at radius 2 is 1.88 bits per heavy atom. The number of halogens is 5. The van der Waals surface area contributed by atoms with E-state index >= 15 is 4.39 Å². The number of carbonyl (C=O) groups is 1. The van der Waals surface area contributed by atoms with Crippen molar-refractivity contribution >= 4 is 56.6 Å². The van der Waals surface area contributed by atoms with Gasteiger partial charge in [0.1, 0.15) is 11.2 Å². The van der Waals surface area contributed by atoms with Gasteiger partial charge >= 0.3 is 0 Å². The van der Waals surface area contributed by atoms with Crippen molar-refractivity contribution < 1.29 is 18.0 Å². The molecule has 56 heavy (non-hydrogen) atoms. The number of amides is 1. The highest BCUT2D eigenvalue weighted by Gasteiger charge is 2.55. The molecule has 6 aliphatic rings. The van der Waals surface area contributed by atoms with Crippen molar-refractivity contribution in [3.05, 3.63) is 86.7 Å². The zero-order chi connectivity index (χ0) is 38.7. The van der Waals surface area contributed by atoms with E-state index in [0.29, 0.717) is 69.6 Å². The number of nitrogens with one attached hydrogen (secondary N) is 1. The highest BCUT2D eigenvalue weighted by molar-refractivity contribution is 6.43. The van der Waals surface area contributed by atoms with Gasteiger partial charge in [-0.05, 0) is 87.8 Å². The molecular formula is C43H40Cl2F3N7O. The summed E-state index contributed by atoms with van der Waals surface area (Å²) in [5.41, 5.74) is 5.17. The van der Waals surface area contributed by atoms with Gasteiger partial charge in [-0.3, -0.25) is 9.78 Å². The monoisotopic (exact) mass is 797 g/mol. The maximum atomic E-state index is 17.3. The van der Waals surface area contributed by atoms with E-state index in [2.05, 4.69) is 36.8 Å². The van der Waals surface area contributed by atoms with E-state index in [0.717, 1.165) is 48.8 Å². The SMILES string of the molecule is Cc1cc(N2C[C@@H]3C[C@H](C2)N(C(=O)C2CC2)[C@H]3c2cc3c(C)nc4c(F)c(-c5cccc(Cl)c5Cl)c(CCC#N)cc4c3n2[C@H]2[C@H]3CN[C@@H]2C3)cc(C(F)F)n1. The van der Waals surface area contributed by atoms with Gasteiger partial charge < -0.3 is 19.7 Å². The number of hydrogen-bond acceptors (Lipinski definition) is 6. The van der Waals surface area contributed by atoms with Crippen molar-refractivity contribution in [3.8, 4) is 17.2 Å². The lowest BCUT2D eigenvalue weighted by atomic mass is 9.79. The van der Waals surface area contributed by atoms with Crippen LogP contribution in [-0.2, 0) is 11.2 Å². The Morgan fingerprint density at radius 1 is 1.05 bits per heavy atom. The van der Waals surface area contributed by atoms with Crippen LogP contribution >= 0.6 is 23.2 Å². The molecule has 4 saturated heterocycles. The molecule has 5 aromatic rings. The number of hydrogen-bond donors (Lipinski definition) is 1. The molecule has 2 saturated carbocycles. The second kappa shape index (κ2) is 13.4. The number of nitriles is 1. The minimum Gasteiger partial charge on any atom is -0.369 e. The highest BCUT2D eigenvalue weighted by atomic mass is 35.5. The lowest BCUT2D eigenvalue weighted by Crippen LogP contribution is -2.45. The number of pyridine rings is 2. The van der Waals surface area contributed by atoms with Crippen LogP contribution in [0.5, 0.6) is 0 Å². The number of fused-ring (bicyclic) bond motifs is 6. The summed E-state index contributed by atoms with van der Waals surface area (Å²) >= 11 is 13.2. The first-order chi connectivity index (χ1) is 27.0. The molecule has 4 aliphatic heterocycles. The minimum atomic E-state index is -2.69. The third-order valence-electron chi connectivity index (χ3n) is 13.1. The topological polar surface area (TPSA) is 90.1 Å². The number of nitrogens with zero attached hydrogens (tertiary/aromatic N) is 6. The first-order valence-corrected chi connectivity index (χ1v) is 20.3. The molecule has 1 N–H and O–H groups in total. The van der Waals surface area contributed by atoms with Crippen molar-refractivity contribution in [1.29, 1.82) is 5.26 Å². The van der Waals surface area contributed by atoms with E-state index < -0.39 is 12.2 Å². The lowest BCUT2D eigenvalue weighted by Gasteiger charge is -2.40. The predicted molar refractivity (Wildman–Crippen MR) is 211 cm³/mol. The maximum Gasteiger partial charge on any atom is 0.280 e. The second-order valence-corrected chi connectivity index (χ2v) is 17.3. The van der Waals surface area contributed by atoms with Crippen LogP contribution in [0.3, 0.4) is 0 Å². The van der Waals surface area contributed by atoms with Crippen LogP contribution in [0, 0.1) is 48.7 Å². The third-order valence-corrected chi connectivity index (χ3v) is 13.9. The Kier molecular flexibility index (Phi) is 8.59. The first-order valence-electron chi connectivity index (χ1n) is 19.6. The van der Waals surface area contributed by atoms with Gasteiger partial charge in [-0.2, -0.15) is 5.26 Å². The fourth-order valence-electron chi connectivity index (χ4n) is 10.5. The van der Waals surface area contributed by atoms with Gasteiger partial charge in [0.25, 0.3) is 6.43 Å². The maximum absolute atomic E-state index is 17.3. The number of rotatable bonds is 8. The molecule has 13 heteroatoms. The average molecular weight is 799 g/mol. The van der Waals surface area contributed by atoms with Crippen LogP contribution in [0.4, 0.5) is 18.9 Å². The summed E-state index contributed by atoms with van der Waals surface area (Å²) in [6, 6.07) is 14.8. The Morgan fingerprint density at radius 3 is 2.59 bits per heavy atom. The van der Waals surface area contributed by atoms with Crippen LogP contribution in [-0.4, -0.2) is 57.1 Å². The number of likely N-dealkylation sites (tertiary alicyclic amines) is 1. The Balaban J connectivity index is 1.19. The molecule has 8 nitrogen and oxygen atoms in total. The number of piperidine rings is 1. The molecule has 4 bridgehead atoms. The summed E-state index contributed by atoms with van der Waals surface area (Å²) in [5.74, 6) is 0.0106. The van der Waals surface area contributed by atoms with Gasteiger partial charge in [-0.25, -0.2) is 18.2 Å². The highest BCUT2D eigenvalue weighted by Crippen LogP contribution is 2.54. The van der Waals surface area contributed by atoms with E-state index in [1.807, 2.05) is 19.1 Å². The molecule has 1 amide bonds. The van der Waals surface area contributed by atoms with Gasteiger partial charge in [-0.15, -0.1) is 0 Å². The molecule has 0 unspecified atom stereocenters. The summed E-state index contributed by atoms with van der Waals surface area (Å²) < 4.78 is 47.6. The van der Waals surface area contributed by atoms with Crippen molar-refractivity contribution in [2.24, 2.45) is 17.8 Å². The van der Waals surface area contributed by atoms with Crippen LogP contribution < -0.4 is 10.2 Å². The molecule has 2 aliphatic carbocycles. The van der Waals surface area contributed by atoms with E-state index in [-0.39, 0.29) is 64.6 Å². The molecule has 0 spiro atoms. The molecule has 6 fully saturated rings. The van der Waals surface area contributed by atoms with Gasteiger partial charge in [0.15, 0.2) is 5.82 Å². The summed E-state index contributed by atoms with van der Waals surface area (Å²) in [6.07, 6.45) is 1.36. The number of carbonyl (C=O) groups excluding carboxylic acids is 1. The number of benzene rings is 2. The summed E-state index contributed by atoms with van der Waals surface area (Å²) in [6.45, 7) is 5.65. The molecule has 0 radical (unpaired) electrons. The fraction of sp³-hybridized carbons (Fsp3) is 0.442. The normalized spacial score (nSPS) is 25.4. The summed E-state index contributed by atoms with van der Waals surface area (Å²) in [5, 5.41) is 15.5. The fourth-order valence-corrected chi connectivity index (χ4v) is 10.9.